The zero-order chi connectivity index (χ0) is 11.0. The molecule has 12 heavy (non-hydrogen) atoms. The Morgan fingerprint density at radius 2 is 1.58 bits per heavy atom. The van der Waals surface area contributed by atoms with Crippen molar-refractivity contribution in [2.24, 2.45) is 0 Å². The average molecular weight is 168 g/mol. The summed E-state index contributed by atoms with van der Waals surface area (Å²) in [6.07, 6.45) is -3.39. The molecule has 2 nitrogen and oxygen atoms in total. The number of aliphatic hydroxyl groups is 2. The lowest BCUT2D eigenvalue weighted by atomic mass is 10.0. The van der Waals surface area contributed by atoms with Crippen LogP contribution in [0.1, 0.15) is 39.9 Å². The zero-order valence-electron chi connectivity index (χ0n) is 9.20. The molecule has 2 N–H and O–H groups in total. The standard InChI is InChI=1S/C10H14O2/c1-7(11)9-4-3-5-10(6-9)8(2)12/h3-8,11-12H,1-2H3/t7-,8+/i7D,8D. The van der Waals surface area contributed by atoms with Crippen LogP contribution in [0.15, 0.2) is 24.3 Å². The van der Waals surface area contributed by atoms with Crippen LogP contribution in [0, 0.1) is 0 Å². The Kier molecular flexibility index (Phi) is 2.04. The molecule has 0 aromatic heterocycles. The van der Waals surface area contributed by atoms with Crippen LogP contribution in [-0.2, 0) is 0 Å². The maximum Gasteiger partial charge on any atom is 0.0762 e. The summed E-state index contributed by atoms with van der Waals surface area (Å²) in [5.74, 6) is 0. The highest BCUT2D eigenvalue weighted by Gasteiger charge is 2.04. The number of rotatable bonds is 2. The summed E-state index contributed by atoms with van der Waals surface area (Å²) >= 11 is 0. The predicted octanol–water partition coefficient (Wildman–Crippen LogP) is 1.79. The van der Waals surface area contributed by atoms with E-state index in [0.717, 1.165) is 0 Å². The first-order valence-corrected chi connectivity index (χ1v) is 3.77. The van der Waals surface area contributed by atoms with Gasteiger partial charge in [0.2, 0.25) is 0 Å². The molecule has 0 saturated carbocycles. The molecule has 1 aromatic carbocycles. The summed E-state index contributed by atoms with van der Waals surface area (Å²) in [7, 11) is 0. The lowest BCUT2D eigenvalue weighted by Crippen LogP contribution is -1.95. The van der Waals surface area contributed by atoms with Crippen molar-refractivity contribution >= 4 is 0 Å². The zero-order valence-corrected chi connectivity index (χ0v) is 7.20. The molecule has 0 aliphatic rings. The van der Waals surface area contributed by atoms with E-state index >= 15 is 0 Å². The average Bonchev–Trinajstić information content (AvgIpc) is 2.01. The van der Waals surface area contributed by atoms with E-state index in [0.29, 0.717) is 11.1 Å². The minimum absolute atomic E-state index is 0.363. The van der Waals surface area contributed by atoms with Gasteiger partial charge in [0.1, 0.15) is 0 Å². The topological polar surface area (TPSA) is 40.5 Å². The van der Waals surface area contributed by atoms with Crippen LogP contribution in [0.5, 0.6) is 0 Å². The van der Waals surface area contributed by atoms with Crippen LogP contribution in [0.3, 0.4) is 0 Å². The van der Waals surface area contributed by atoms with Crippen LogP contribution < -0.4 is 0 Å². The van der Waals surface area contributed by atoms with Crippen LogP contribution in [0.4, 0.5) is 0 Å². The lowest BCUT2D eigenvalue weighted by molar-refractivity contribution is 0.192. The lowest BCUT2D eigenvalue weighted by Gasteiger charge is -2.08. The Hall–Kier alpha value is -0.860. The van der Waals surface area contributed by atoms with Gasteiger partial charge in [-0.15, -0.1) is 0 Å². The molecule has 0 heterocycles. The predicted molar refractivity (Wildman–Crippen MR) is 47.7 cm³/mol. The third kappa shape index (κ3) is 2.06. The van der Waals surface area contributed by atoms with E-state index in [-0.39, 0.29) is 0 Å². The molecular formula is C10H14O2. The van der Waals surface area contributed by atoms with Gasteiger partial charge >= 0.3 is 0 Å². The first-order chi connectivity index (χ1) is 6.21. The van der Waals surface area contributed by atoms with Crippen LogP contribution in [0.2, 0.25) is 0 Å². The van der Waals surface area contributed by atoms with Crippen molar-refractivity contribution in [1.82, 2.24) is 0 Å². The van der Waals surface area contributed by atoms with Gasteiger partial charge in [-0.2, -0.15) is 0 Å². The second-order valence-corrected chi connectivity index (χ2v) is 2.75. The van der Waals surface area contributed by atoms with Gasteiger partial charge in [0.15, 0.2) is 0 Å². The highest BCUT2D eigenvalue weighted by atomic mass is 16.3. The van der Waals surface area contributed by atoms with E-state index in [9.17, 15) is 10.2 Å². The number of benzene rings is 1. The van der Waals surface area contributed by atoms with E-state index in [1.165, 1.54) is 19.9 Å². The summed E-state index contributed by atoms with van der Waals surface area (Å²) in [5.41, 5.74) is 0.727. The second kappa shape index (κ2) is 3.70. The SMILES string of the molecule is [2H][C@](C)(O)c1cccc([C@]([2H])(C)O)c1. The Morgan fingerprint density at radius 3 is 1.92 bits per heavy atom. The number of hydrogen-bond donors (Lipinski definition) is 2. The summed E-state index contributed by atoms with van der Waals surface area (Å²) in [6.45, 7) is 2.68. The Bertz CT molecular complexity index is 294. The van der Waals surface area contributed by atoms with Crippen LogP contribution >= 0.6 is 0 Å². The van der Waals surface area contributed by atoms with Crippen molar-refractivity contribution in [3.63, 3.8) is 0 Å². The highest BCUT2D eigenvalue weighted by Crippen LogP contribution is 2.17. The van der Waals surface area contributed by atoms with Crippen molar-refractivity contribution in [3.05, 3.63) is 35.4 Å². The van der Waals surface area contributed by atoms with Gasteiger partial charge in [-0.05, 0) is 25.0 Å². The highest BCUT2D eigenvalue weighted by molar-refractivity contribution is 5.25. The largest absolute Gasteiger partial charge is 0.389 e. The monoisotopic (exact) mass is 168 g/mol. The van der Waals surface area contributed by atoms with E-state index in [1.54, 1.807) is 18.2 Å². The molecule has 0 unspecified atom stereocenters. The summed E-state index contributed by atoms with van der Waals surface area (Å²) < 4.78 is 14.8. The molecular weight excluding hydrogens is 152 g/mol. The normalized spacial score (nSPS) is 23.3. The molecule has 66 valence electrons. The third-order valence-electron chi connectivity index (χ3n) is 1.70. The van der Waals surface area contributed by atoms with Crippen molar-refractivity contribution < 1.29 is 13.0 Å². The Balaban J connectivity index is 3.15. The fourth-order valence-corrected chi connectivity index (χ4v) is 0.969. The van der Waals surface area contributed by atoms with Gasteiger partial charge in [0.25, 0.3) is 0 Å². The maximum absolute atomic E-state index is 9.40. The summed E-state index contributed by atoms with van der Waals surface area (Å²) in [4.78, 5) is 0. The van der Waals surface area contributed by atoms with Crippen LogP contribution in [0.25, 0.3) is 0 Å². The summed E-state index contributed by atoms with van der Waals surface area (Å²) in [5, 5.41) is 18.8. The molecule has 0 radical (unpaired) electrons. The molecule has 2 atom stereocenters. The van der Waals surface area contributed by atoms with Gasteiger partial charge in [-0.25, -0.2) is 0 Å². The van der Waals surface area contributed by atoms with Gasteiger partial charge in [-0.3, -0.25) is 0 Å². The fraction of sp³-hybridized carbons (Fsp3) is 0.400. The molecule has 0 saturated heterocycles. The fourth-order valence-electron chi connectivity index (χ4n) is 0.969. The molecule has 0 fully saturated rings. The van der Waals surface area contributed by atoms with Gasteiger partial charge < -0.3 is 10.2 Å². The number of hydrogen-bond acceptors (Lipinski definition) is 2. The van der Waals surface area contributed by atoms with Crippen molar-refractivity contribution in [2.75, 3.05) is 0 Å². The minimum Gasteiger partial charge on any atom is -0.389 e. The Labute approximate surface area is 75.3 Å². The quantitative estimate of drug-likeness (QED) is 0.706. The van der Waals surface area contributed by atoms with Gasteiger partial charge in [0.05, 0.1) is 14.9 Å². The molecule has 0 bridgehead atoms. The second-order valence-electron chi connectivity index (χ2n) is 2.75. The van der Waals surface area contributed by atoms with Crippen LogP contribution in [-0.4, -0.2) is 10.2 Å². The van der Waals surface area contributed by atoms with Gasteiger partial charge in [-0.1, -0.05) is 24.3 Å². The molecule has 0 aliphatic heterocycles. The minimum atomic E-state index is -1.69. The smallest absolute Gasteiger partial charge is 0.0762 e. The summed E-state index contributed by atoms with van der Waals surface area (Å²) in [6, 6.07) is 6.24. The third-order valence-corrected chi connectivity index (χ3v) is 1.70. The van der Waals surface area contributed by atoms with E-state index in [2.05, 4.69) is 0 Å². The Morgan fingerprint density at radius 1 is 1.17 bits per heavy atom. The molecule has 2 heteroatoms. The maximum atomic E-state index is 9.40. The molecule has 1 aromatic rings. The first-order valence-electron chi connectivity index (χ1n) is 4.77. The van der Waals surface area contributed by atoms with E-state index in [1.807, 2.05) is 0 Å². The molecule has 0 spiro atoms. The molecule has 0 aliphatic carbocycles. The van der Waals surface area contributed by atoms with Gasteiger partial charge in [0, 0.05) is 0 Å². The first kappa shape index (κ1) is 6.63. The van der Waals surface area contributed by atoms with Crippen molar-refractivity contribution in [2.45, 2.75) is 26.0 Å². The van der Waals surface area contributed by atoms with E-state index in [4.69, 9.17) is 2.74 Å². The van der Waals surface area contributed by atoms with E-state index < -0.39 is 12.2 Å². The van der Waals surface area contributed by atoms with Crippen molar-refractivity contribution in [1.29, 1.82) is 0 Å². The molecule has 0 amide bonds. The molecule has 1 rings (SSSR count). The van der Waals surface area contributed by atoms with Crippen molar-refractivity contribution in [3.8, 4) is 0 Å².